The Hall–Kier alpha value is -0.560. The van der Waals surface area contributed by atoms with Crippen LogP contribution in [0.25, 0.3) is 0 Å². The van der Waals surface area contributed by atoms with Crippen LogP contribution in [0.2, 0.25) is 0 Å². The molecule has 2 rings (SSSR count). The zero-order valence-corrected chi connectivity index (χ0v) is 10.9. The summed E-state index contributed by atoms with van der Waals surface area (Å²) in [4.78, 5) is 0. The second-order valence-corrected chi connectivity index (χ2v) is 5.64. The van der Waals surface area contributed by atoms with Gasteiger partial charge in [0.1, 0.15) is 0 Å². The second-order valence-electron chi connectivity index (χ2n) is 5.64. The van der Waals surface area contributed by atoms with Crippen molar-refractivity contribution in [3.63, 3.8) is 0 Å². The lowest BCUT2D eigenvalue weighted by atomic mass is 9.95. The first-order chi connectivity index (χ1) is 7.60. The summed E-state index contributed by atoms with van der Waals surface area (Å²) in [5.41, 5.74) is 3.26. The van der Waals surface area contributed by atoms with Crippen LogP contribution in [0.5, 0.6) is 0 Å². The van der Waals surface area contributed by atoms with E-state index in [1.165, 1.54) is 49.7 Å². The molecular weight excluding hydrogens is 196 g/mol. The average molecular weight is 220 g/mol. The highest BCUT2D eigenvalue weighted by molar-refractivity contribution is 5.09. The van der Waals surface area contributed by atoms with Gasteiger partial charge >= 0.3 is 0 Å². The summed E-state index contributed by atoms with van der Waals surface area (Å²) in [5, 5.41) is 0. The fourth-order valence-corrected chi connectivity index (χ4v) is 2.59. The number of ether oxygens (including phenoxy) is 1. The van der Waals surface area contributed by atoms with E-state index in [9.17, 15) is 0 Å². The van der Waals surface area contributed by atoms with Crippen LogP contribution in [0.15, 0.2) is 23.3 Å². The monoisotopic (exact) mass is 220 g/mol. The number of epoxide rings is 1. The summed E-state index contributed by atoms with van der Waals surface area (Å²) in [5.74, 6) is 0. The van der Waals surface area contributed by atoms with Gasteiger partial charge in [0.25, 0.3) is 0 Å². The molecule has 1 fully saturated rings. The Morgan fingerprint density at radius 1 is 1.12 bits per heavy atom. The van der Waals surface area contributed by atoms with Crippen LogP contribution in [0.1, 0.15) is 59.3 Å². The van der Waals surface area contributed by atoms with Gasteiger partial charge in [0, 0.05) is 0 Å². The van der Waals surface area contributed by atoms with E-state index in [-0.39, 0.29) is 5.60 Å². The molecule has 90 valence electrons. The molecule has 0 amide bonds. The van der Waals surface area contributed by atoms with Crippen LogP contribution in [0, 0.1) is 0 Å². The molecule has 1 aliphatic carbocycles. The summed E-state index contributed by atoms with van der Waals surface area (Å²) >= 11 is 0. The summed E-state index contributed by atoms with van der Waals surface area (Å²) in [6, 6.07) is 0. The van der Waals surface area contributed by atoms with Crippen molar-refractivity contribution in [1.29, 1.82) is 0 Å². The Morgan fingerprint density at radius 2 is 1.81 bits per heavy atom. The van der Waals surface area contributed by atoms with E-state index in [1.54, 1.807) is 0 Å². The summed E-state index contributed by atoms with van der Waals surface area (Å²) in [7, 11) is 0. The standard InChI is InChI=1S/C15H24O/c1-12-6-4-7-13(2)9-10-14-15(3,16-14)11-5-8-12/h7-8,14H,4-6,9-11H2,1-3H3/b12-8-,13-7-/t14-,15-/m1/s1. The van der Waals surface area contributed by atoms with Crippen LogP contribution in [-0.2, 0) is 4.74 Å². The van der Waals surface area contributed by atoms with Crippen molar-refractivity contribution in [2.24, 2.45) is 0 Å². The minimum atomic E-state index is 0.191. The topological polar surface area (TPSA) is 12.5 Å². The van der Waals surface area contributed by atoms with Gasteiger partial charge in [-0.05, 0) is 59.3 Å². The summed E-state index contributed by atoms with van der Waals surface area (Å²) < 4.78 is 5.85. The van der Waals surface area contributed by atoms with Crippen molar-refractivity contribution in [1.82, 2.24) is 0 Å². The zero-order chi connectivity index (χ0) is 11.6. The predicted molar refractivity (Wildman–Crippen MR) is 68.5 cm³/mol. The molecule has 1 heterocycles. The van der Waals surface area contributed by atoms with E-state index in [0.717, 1.165) is 0 Å². The highest BCUT2D eigenvalue weighted by Crippen LogP contribution is 2.43. The smallest absolute Gasteiger partial charge is 0.0923 e. The van der Waals surface area contributed by atoms with Gasteiger partial charge in [0.05, 0.1) is 11.7 Å². The Labute approximate surface area is 99.6 Å². The van der Waals surface area contributed by atoms with Crippen LogP contribution in [-0.4, -0.2) is 11.7 Å². The van der Waals surface area contributed by atoms with Crippen LogP contribution < -0.4 is 0 Å². The number of hydrogen-bond acceptors (Lipinski definition) is 1. The lowest BCUT2D eigenvalue weighted by Crippen LogP contribution is -2.09. The van der Waals surface area contributed by atoms with Gasteiger partial charge in [0.2, 0.25) is 0 Å². The molecule has 0 unspecified atom stereocenters. The van der Waals surface area contributed by atoms with E-state index in [1.807, 2.05) is 0 Å². The first-order valence-corrected chi connectivity index (χ1v) is 6.59. The Kier molecular flexibility index (Phi) is 3.53. The highest BCUT2D eigenvalue weighted by atomic mass is 16.6. The molecule has 0 aromatic carbocycles. The number of allylic oxidation sites excluding steroid dienone is 4. The minimum absolute atomic E-state index is 0.191. The SMILES string of the molecule is C/C1=C/CC[C@@]2(C)O[C@@H]2CC/C(C)=C\CC1. The molecule has 0 bridgehead atoms. The van der Waals surface area contributed by atoms with Crippen LogP contribution in [0.4, 0.5) is 0 Å². The fourth-order valence-electron chi connectivity index (χ4n) is 2.59. The molecular formula is C15H24O. The van der Waals surface area contributed by atoms with Crippen molar-refractivity contribution >= 4 is 0 Å². The molecule has 1 heteroatoms. The van der Waals surface area contributed by atoms with Crippen molar-refractivity contribution < 1.29 is 4.74 Å². The number of fused-ring (bicyclic) bond motifs is 1. The maximum absolute atomic E-state index is 5.85. The zero-order valence-electron chi connectivity index (χ0n) is 10.9. The van der Waals surface area contributed by atoms with Crippen molar-refractivity contribution in [2.45, 2.75) is 71.0 Å². The minimum Gasteiger partial charge on any atom is -0.366 e. The van der Waals surface area contributed by atoms with Crippen LogP contribution >= 0.6 is 0 Å². The third kappa shape index (κ3) is 2.98. The Morgan fingerprint density at radius 3 is 2.62 bits per heavy atom. The first-order valence-electron chi connectivity index (χ1n) is 6.59. The largest absolute Gasteiger partial charge is 0.366 e. The molecule has 2 atom stereocenters. The Balaban J connectivity index is 1.99. The van der Waals surface area contributed by atoms with Crippen molar-refractivity contribution in [2.75, 3.05) is 0 Å². The van der Waals surface area contributed by atoms with E-state index >= 15 is 0 Å². The molecule has 0 radical (unpaired) electrons. The summed E-state index contributed by atoms with van der Waals surface area (Å²) in [6.07, 6.45) is 12.5. The third-order valence-corrected chi connectivity index (χ3v) is 4.00. The average Bonchev–Trinajstić information content (AvgIpc) is 2.85. The van der Waals surface area contributed by atoms with Gasteiger partial charge in [-0.3, -0.25) is 0 Å². The van der Waals surface area contributed by atoms with Crippen LogP contribution in [0.3, 0.4) is 0 Å². The normalized spacial score (nSPS) is 42.8. The number of rotatable bonds is 0. The fraction of sp³-hybridized carbons (Fsp3) is 0.733. The maximum atomic E-state index is 5.85. The molecule has 0 aromatic heterocycles. The van der Waals surface area contributed by atoms with E-state index in [4.69, 9.17) is 4.74 Å². The van der Waals surface area contributed by atoms with E-state index in [0.29, 0.717) is 6.10 Å². The van der Waals surface area contributed by atoms with E-state index < -0.39 is 0 Å². The molecule has 1 saturated heterocycles. The molecule has 0 spiro atoms. The van der Waals surface area contributed by atoms with E-state index in [2.05, 4.69) is 32.9 Å². The molecule has 2 aliphatic rings. The van der Waals surface area contributed by atoms with Gasteiger partial charge in [-0.25, -0.2) is 0 Å². The van der Waals surface area contributed by atoms with Crippen molar-refractivity contribution in [3.05, 3.63) is 23.3 Å². The van der Waals surface area contributed by atoms with Crippen molar-refractivity contribution in [3.8, 4) is 0 Å². The molecule has 0 aromatic rings. The van der Waals surface area contributed by atoms with Gasteiger partial charge in [-0.1, -0.05) is 23.3 Å². The number of hydrogen-bond donors (Lipinski definition) is 0. The Bertz CT molecular complexity index is 313. The lowest BCUT2D eigenvalue weighted by Gasteiger charge is -2.07. The van der Waals surface area contributed by atoms with Gasteiger partial charge in [0.15, 0.2) is 0 Å². The molecule has 1 nitrogen and oxygen atoms in total. The molecule has 16 heavy (non-hydrogen) atoms. The molecule has 0 N–H and O–H groups in total. The maximum Gasteiger partial charge on any atom is 0.0923 e. The first kappa shape index (κ1) is 11.9. The lowest BCUT2D eigenvalue weighted by molar-refractivity contribution is 0.295. The quantitative estimate of drug-likeness (QED) is 0.435. The van der Waals surface area contributed by atoms with Gasteiger partial charge < -0.3 is 4.74 Å². The van der Waals surface area contributed by atoms with Gasteiger partial charge in [-0.15, -0.1) is 0 Å². The second kappa shape index (κ2) is 4.75. The summed E-state index contributed by atoms with van der Waals surface area (Å²) in [6.45, 7) is 6.78. The third-order valence-electron chi connectivity index (χ3n) is 4.00. The predicted octanol–water partition coefficient (Wildman–Crippen LogP) is 4.39. The molecule has 0 saturated carbocycles. The highest BCUT2D eigenvalue weighted by Gasteiger charge is 2.50. The van der Waals surface area contributed by atoms with Gasteiger partial charge in [-0.2, -0.15) is 0 Å². The molecule has 1 aliphatic heterocycles.